The first-order chi connectivity index (χ1) is 8.84. The summed E-state index contributed by atoms with van der Waals surface area (Å²) in [4.78, 5) is 24.1. The van der Waals surface area contributed by atoms with Gasteiger partial charge in [-0.05, 0) is 12.1 Å². The minimum absolute atomic E-state index is 0.00565. The average Bonchev–Trinajstić information content (AvgIpc) is 2.83. The van der Waals surface area contributed by atoms with E-state index in [9.17, 15) is 22.8 Å². The molecule has 5 nitrogen and oxygen atoms in total. The molecule has 0 saturated heterocycles. The Morgan fingerprint density at radius 3 is 2.63 bits per heavy atom. The van der Waals surface area contributed by atoms with Gasteiger partial charge in [0.1, 0.15) is 11.4 Å². The summed E-state index contributed by atoms with van der Waals surface area (Å²) in [6.07, 6.45) is -2.11. The third-order valence-corrected chi connectivity index (χ3v) is 2.07. The Labute approximate surface area is 106 Å². The lowest BCUT2D eigenvalue weighted by atomic mass is 10.4. The molecule has 0 unspecified atom stereocenters. The second-order valence-electron chi connectivity index (χ2n) is 3.42. The topological polar surface area (TPSA) is 71.2 Å². The van der Waals surface area contributed by atoms with E-state index in [1.807, 2.05) is 4.98 Å². The third kappa shape index (κ3) is 4.49. The highest BCUT2D eigenvalue weighted by atomic mass is 19.4. The number of halogens is 3. The molecule has 1 rings (SSSR count). The molecule has 0 aliphatic rings. The fourth-order valence-electron chi connectivity index (χ4n) is 1.16. The van der Waals surface area contributed by atoms with Gasteiger partial charge >= 0.3 is 12.1 Å². The number of carbonyl (C=O) groups excluding carboxylic acids is 2. The first-order valence-electron chi connectivity index (χ1n) is 5.13. The lowest BCUT2D eigenvalue weighted by Crippen LogP contribution is -2.24. The molecule has 1 amide bonds. The zero-order chi connectivity index (χ0) is 14.5. The predicted molar refractivity (Wildman–Crippen MR) is 59.3 cm³/mol. The molecule has 0 atom stereocenters. The van der Waals surface area contributed by atoms with Crippen molar-refractivity contribution in [1.82, 2.24) is 10.3 Å². The summed E-state index contributed by atoms with van der Waals surface area (Å²) >= 11 is 0. The van der Waals surface area contributed by atoms with Gasteiger partial charge in [-0.15, -0.1) is 0 Å². The maximum atomic E-state index is 12.3. The van der Waals surface area contributed by atoms with Crippen LogP contribution in [-0.2, 0) is 15.7 Å². The van der Waals surface area contributed by atoms with Crippen LogP contribution in [-0.4, -0.2) is 30.5 Å². The van der Waals surface area contributed by atoms with Crippen molar-refractivity contribution >= 4 is 11.9 Å². The Hall–Kier alpha value is -2.25. The van der Waals surface area contributed by atoms with E-state index in [-0.39, 0.29) is 12.2 Å². The fourth-order valence-corrected chi connectivity index (χ4v) is 1.16. The number of aromatic amines is 1. The number of rotatable bonds is 4. The zero-order valence-corrected chi connectivity index (χ0v) is 9.88. The van der Waals surface area contributed by atoms with E-state index in [2.05, 4.69) is 10.1 Å². The average molecular weight is 276 g/mol. The maximum absolute atomic E-state index is 12.3. The predicted octanol–water partition coefficient (Wildman–Crippen LogP) is 1.49. The molecule has 0 bridgehead atoms. The Kier molecular flexibility index (Phi) is 4.74. The lowest BCUT2D eigenvalue weighted by molar-refractivity contribution is -0.140. The van der Waals surface area contributed by atoms with Gasteiger partial charge in [0.2, 0.25) is 0 Å². The highest BCUT2D eigenvalue weighted by Gasteiger charge is 2.32. The summed E-state index contributed by atoms with van der Waals surface area (Å²) in [5.41, 5.74) is -1.21. The highest BCUT2D eigenvalue weighted by Crippen LogP contribution is 2.28. The van der Waals surface area contributed by atoms with E-state index < -0.39 is 23.7 Å². The smallest absolute Gasteiger partial charge is 0.431 e. The van der Waals surface area contributed by atoms with Crippen molar-refractivity contribution < 1.29 is 27.5 Å². The minimum atomic E-state index is -4.52. The quantitative estimate of drug-likeness (QED) is 0.646. The number of H-pyrrole nitrogens is 1. The van der Waals surface area contributed by atoms with Crippen LogP contribution in [0.2, 0.25) is 0 Å². The number of esters is 1. The van der Waals surface area contributed by atoms with Crippen molar-refractivity contribution in [3.8, 4) is 0 Å². The molecule has 1 aromatic heterocycles. The van der Waals surface area contributed by atoms with Crippen molar-refractivity contribution in [2.75, 3.05) is 13.7 Å². The molecule has 0 aliphatic heterocycles. The van der Waals surface area contributed by atoms with Gasteiger partial charge in [0.05, 0.1) is 7.11 Å². The van der Waals surface area contributed by atoms with E-state index >= 15 is 0 Å². The molecular weight excluding hydrogens is 265 g/mol. The number of carbonyl (C=O) groups is 2. The molecule has 1 aromatic rings. The van der Waals surface area contributed by atoms with Crippen LogP contribution in [0.25, 0.3) is 0 Å². The van der Waals surface area contributed by atoms with Gasteiger partial charge in [0, 0.05) is 12.6 Å². The van der Waals surface area contributed by atoms with Crippen LogP contribution in [0.4, 0.5) is 13.2 Å². The van der Waals surface area contributed by atoms with Crippen LogP contribution in [0.15, 0.2) is 24.3 Å². The van der Waals surface area contributed by atoms with Gasteiger partial charge in [0.25, 0.3) is 5.91 Å². The van der Waals surface area contributed by atoms with Crippen LogP contribution >= 0.6 is 0 Å². The van der Waals surface area contributed by atoms with Gasteiger partial charge in [-0.3, -0.25) is 4.79 Å². The Morgan fingerprint density at radius 2 is 2.11 bits per heavy atom. The van der Waals surface area contributed by atoms with E-state index in [0.717, 1.165) is 18.2 Å². The van der Waals surface area contributed by atoms with Crippen molar-refractivity contribution in [1.29, 1.82) is 0 Å². The summed E-state index contributed by atoms with van der Waals surface area (Å²) < 4.78 is 41.1. The number of aromatic nitrogens is 1. The number of nitrogens with one attached hydrogen (secondary N) is 2. The minimum Gasteiger partial charge on any atom is -0.466 e. The number of methoxy groups -OCH3 is 1. The summed E-state index contributed by atoms with van der Waals surface area (Å²) in [7, 11) is 1.20. The molecule has 19 heavy (non-hydrogen) atoms. The Balaban J connectivity index is 2.53. The van der Waals surface area contributed by atoms with E-state index in [0.29, 0.717) is 0 Å². The number of hydrogen-bond acceptors (Lipinski definition) is 3. The van der Waals surface area contributed by atoms with Crippen molar-refractivity contribution in [3.05, 3.63) is 35.7 Å². The van der Waals surface area contributed by atoms with Crippen molar-refractivity contribution in [2.24, 2.45) is 0 Å². The van der Waals surface area contributed by atoms with E-state index in [1.54, 1.807) is 0 Å². The second kappa shape index (κ2) is 6.07. The fraction of sp³-hybridized carbons (Fsp3) is 0.273. The molecule has 1 heterocycles. The lowest BCUT2D eigenvalue weighted by Gasteiger charge is -2.03. The SMILES string of the molecule is COC(=O)/C=C/CNC(=O)c1ccc(C(F)(F)F)[nH]1. The highest BCUT2D eigenvalue weighted by molar-refractivity contribution is 5.92. The van der Waals surface area contributed by atoms with Crippen LogP contribution in [0.5, 0.6) is 0 Å². The number of ether oxygens (including phenoxy) is 1. The largest absolute Gasteiger partial charge is 0.466 e. The summed E-state index contributed by atoms with van der Waals surface area (Å²) in [6, 6.07) is 1.81. The summed E-state index contributed by atoms with van der Waals surface area (Å²) in [5, 5.41) is 2.31. The molecule has 0 saturated carbocycles. The van der Waals surface area contributed by atoms with Gasteiger partial charge in [-0.2, -0.15) is 13.2 Å². The van der Waals surface area contributed by atoms with Crippen LogP contribution in [0.3, 0.4) is 0 Å². The molecule has 0 aromatic carbocycles. The zero-order valence-electron chi connectivity index (χ0n) is 9.88. The van der Waals surface area contributed by atoms with Crippen LogP contribution in [0.1, 0.15) is 16.2 Å². The standard InChI is InChI=1S/C11H11F3N2O3/c1-19-9(17)3-2-6-15-10(18)7-4-5-8(16-7)11(12,13)14/h2-5,16H,6H2,1H3,(H,15,18)/b3-2+. The van der Waals surface area contributed by atoms with Gasteiger partial charge in [-0.25, -0.2) is 4.79 Å². The Morgan fingerprint density at radius 1 is 1.42 bits per heavy atom. The van der Waals surface area contributed by atoms with Crippen molar-refractivity contribution in [3.63, 3.8) is 0 Å². The molecular formula is C11H11F3N2O3. The van der Waals surface area contributed by atoms with E-state index in [4.69, 9.17) is 0 Å². The van der Waals surface area contributed by atoms with Gasteiger partial charge in [0.15, 0.2) is 0 Å². The van der Waals surface area contributed by atoms with Crippen LogP contribution in [0, 0.1) is 0 Å². The van der Waals surface area contributed by atoms with Crippen LogP contribution < -0.4 is 5.32 Å². The third-order valence-electron chi connectivity index (χ3n) is 2.07. The molecule has 0 fully saturated rings. The summed E-state index contributed by atoms with van der Waals surface area (Å²) in [5.74, 6) is -1.29. The molecule has 0 aliphatic carbocycles. The van der Waals surface area contributed by atoms with Gasteiger partial charge in [-0.1, -0.05) is 6.08 Å². The maximum Gasteiger partial charge on any atom is 0.431 e. The first-order valence-corrected chi connectivity index (χ1v) is 5.13. The molecule has 0 radical (unpaired) electrons. The van der Waals surface area contributed by atoms with Gasteiger partial charge < -0.3 is 15.0 Å². The monoisotopic (exact) mass is 276 g/mol. The first kappa shape index (κ1) is 14.8. The van der Waals surface area contributed by atoms with Crippen molar-refractivity contribution in [2.45, 2.75) is 6.18 Å². The summed E-state index contributed by atoms with van der Waals surface area (Å²) in [6.45, 7) is -0.00565. The molecule has 0 spiro atoms. The second-order valence-corrected chi connectivity index (χ2v) is 3.42. The number of amides is 1. The van der Waals surface area contributed by atoms with E-state index in [1.165, 1.54) is 13.2 Å². The normalized spacial score (nSPS) is 11.6. The molecule has 2 N–H and O–H groups in total. The number of alkyl halides is 3. The molecule has 8 heteroatoms. The number of hydrogen-bond donors (Lipinski definition) is 2. The molecule has 104 valence electrons. The Bertz CT molecular complexity index is 492.